The summed E-state index contributed by atoms with van der Waals surface area (Å²) in [5, 5.41) is 11.4. The molecule has 0 bridgehead atoms. The number of fused-ring (bicyclic) bond motifs is 1. The van der Waals surface area contributed by atoms with Crippen LogP contribution in [0, 0.1) is 0 Å². The fourth-order valence-corrected chi connectivity index (χ4v) is 3.28. The van der Waals surface area contributed by atoms with E-state index in [4.69, 9.17) is 9.94 Å². The van der Waals surface area contributed by atoms with Crippen LogP contribution in [0.1, 0.15) is 5.56 Å². The third-order valence-electron chi connectivity index (χ3n) is 4.73. The molecule has 3 N–H and O–H groups in total. The summed E-state index contributed by atoms with van der Waals surface area (Å²) in [7, 11) is 0. The summed E-state index contributed by atoms with van der Waals surface area (Å²) in [6.07, 6.45) is 3.11. The number of aromatic nitrogens is 4. The van der Waals surface area contributed by atoms with Crippen LogP contribution in [0.3, 0.4) is 0 Å². The van der Waals surface area contributed by atoms with Crippen molar-refractivity contribution in [3.05, 3.63) is 42.5 Å². The molecule has 3 heterocycles. The molecule has 11 heteroatoms. The Morgan fingerprint density at radius 1 is 1.07 bits per heavy atom. The molecule has 2 amide bonds. The van der Waals surface area contributed by atoms with E-state index in [9.17, 15) is 9.59 Å². The van der Waals surface area contributed by atoms with Crippen molar-refractivity contribution in [2.45, 2.75) is 13.0 Å². The van der Waals surface area contributed by atoms with Gasteiger partial charge in [-0.3, -0.25) is 14.8 Å². The number of nitrogens with one attached hydrogen (secondary N) is 2. The molecule has 4 rings (SSSR count). The Bertz CT molecular complexity index is 1040. The molecule has 1 aliphatic rings. The second kappa shape index (κ2) is 8.84. The highest BCUT2D eigenvalue weighted by atomic mass is 16.5. The average Bonchev–Trinajstić information content (AvgIpc) is 3.18. The minimum Gasteiger partial charge on any atom is -0.378 e. The number of anilines is 2. The first-order valence-electron chi connectivity index (χ1n) is 9.44. The summed E-state index contributed by atoms with van der Waals surface area (Å²) in [6.45, 7) is 2.78. The lowest BCUT2D eigenvalue weighted by Gasteiger charge is -2.27. The zero-order valence-corrected chi connectivity index (χ0v) is 16.1. The summed E-state index contributed by atoms with van der Waals surface area (Å²) >= 11 is 0. The minimum absolute atomic E-state index is 0.0464. The Morgan fingerprint density at radius 3 is 2.57 bits per heavy atom. The van der Waals surface area contributed by atoms with E-state index in [2.05, 4.69) is 25.2 Å². The van der Waals surface area contributed by atoms with Crippen molar-refractivity contribution in [3.8, 4) is 0 Å². The number of hydrogen-bond acceptors (Lipinski definition) is 8. The van der Waals surface area contributed by atoms with Crippen molar-refractivity contribution in [1.29, 1.82) is 0 Å². The number of carbonyl (C=O) groups is 2. The summed E-state index contributed by atoms with van der Waals surface area (Å²) < 4.78 is 7.06. The number of benzene rings is 1. The van der Waals surface area contributed by atoms with Gasteiger partial charge in [0.1, 0.15) is 12.9 Å². The number of morpholine rings is 1. The first-order valence-corrected chi connectivity index (χ1v) is 9.44. The van der Waals surface area contributed by atoms with Crippen LogP contribution in [0.4, 0.5) is 11.5 Å². The second-order valence-electron chi connectivity index (χ2n) is 6.80. The lowest BCUT2D eigenvalue weighted by molar-refractivity contribution is -0.128. The normalized spacial score (nSPS) is 14.0. The number of nitrogens with zero attached hydrogens (tertiary/aromatic N) is 5. The first-order chi connectivity index (χ1) is 14.6. The zero-order chi connectivity index (χ0) is 20.9. The number of hydroxylamine groups is 1. The Balaban J connectivity index is 1.44. The Labute approximate surface area is 171 Å². The average molecular weight is 411 g/mol. The van der Waals surface area contributed by atoms with E-state index in [0.29, 0.717) is 35.6 Å². The van der Waals surface area contributed by atoms with E-state index in [1.165, 1.54) is 6.33 Å². The van der Waals surface area contributed by atoms with Crippen molar-refractivity contribution in [2.75, 3.05) is 36.5 Å². The molecule has 156 valence electrons. The lowest BCUT2D eigenvalue weighted by atomic mass is 10.1. The fourth-order valence-electron chi connectivity index (χ4n) is 3.28. The third kappa shape index (κ3) is 4.36. The maximum atomic E-state index is 12.5. The van der Waals surface area contributed by atoms with Crippen molar-refractivity contribution < 1.29 is 19.5 Å². The molecular weight excluding hydrogens is 390 g/mol. The first kappa shape index (κ1) is 19.7. The van der Waals surface area contributed by atoms with Gasteiger partial charge in [-0.15, -0.1) is 0 Å². The molecule has 11 nitrogen and oxygen atoms in total. The van der Waals surface area contributed by atoms with E-state index >= 15 is 0 Å². The summed E-state index contributed by atoms with van der Waals surface area (Å²) in [5.74, 6) is 0.00357. The molecular formula is C19H21N7O4. The van der Waals surface area contributed by atoms with Gasteiger partial charge in [0.25, 0.3) is 0 Å². The van der Waals surface area contributed by atoms with E-state index in [1.54, 1.807) is 40.6 Å². The molecule has 0 atom stereocenters. The van der Waals surface area contributed by atoms with Crippen LogP contribution >= 0.6 is 0 Å². The predicted octanol–water partition coefficient (Wildman–Crippen LogP) is 0.350. The highest BCUT2D eigenvalue weighted by Gasteiger charge is 2.19. The van der Waals surface area contributed by atoms with Crippen LogP contribution < -0.4 is 15.7 Å². The molecule has 1 saturated heterocycles. The van der Waals surface area contributed by atoms with Crippen molar-refractivity contribution in [2.24, 2.45) is 0 Å². The van der Waals surface area contributed by atoms with Crippen LogP contribution in [0.5, 0.6) is 0 Å². The number of amides is 2. The van der Waals surface area contributed by atoms with E-state index in [-0.39, 0.29) is 18.9 Å². The molecule has 0 spiro atoms. The van der Waals surface area contributed by atoms with Gasteiger partial charge in [0, 0.05) is 18.8 Å². The largest absolute Gasteiger partial charge is 0.378 e. The highest BCUT2D eigenvalue weighted by Crippen LogP contribution is 2.22. The Kier molecular flexibility index (Phi) is 5.82. The van der Waals surface area contributed by atoms with E-state index in [1.807, 2.05) is 0 Å². The van der Waals surface area contributed by atoms with Gasteiger partial charge in [0.2, 0.25) is 11.8 Å². The van der Waals surface area contributed by atoms with Crippen LogP contribution in [0.2, 0.25) is 0 Å². The molecule has 1 aromatic carbocycles. The number of carbonyl (C=O) groups excluding carboxylic acids is 2. The van der Waals surface area contributed by atoms with Gasteiger partial charge in [0.15, 0.2) is 17.0 Å². The fraction of sp³-hybridized carbons (Fsp3) is 0.316. The van der Waals surface area contributed by atoms with Gasteiger partial charge >= 0.3 is 0 Å². The van der Waals surface area contributed by atoms with Crippen molar-refractivity contribution in [3.63, 3.8) is 0 Å². The molecule has 0 aliphatic carbocycles. The highest BCUT2D eigenvalue weighted by molar-refractivity contribution is 5.92. The van der Waals surface area contributed by atoms with Crippen molar-refractivity contribution in [1.82, 2.24) is 25.0 Å². The second-order valence-corrected chi connectivity index (χ2v) is 6.80. The standard InChI is InChI=1S/C19H21N7O4/c27-15(24-29)9-13-1-3-14(4-2-13)23-16(28)10-26-12-22-17-18(20-11-21-19(17)26)25-5-7-30-8-6-25/h1-4,11-12,29H,5-10H2,(H,23,28)(H,24,27). The molecule has 2 aromatic heterocycles. The quantitative estimate of drug-likeness (QED) is 0.391. The maximum Gasteiger partial charge on any atom is 0.247 e. The molecule has 0 radical (unpaired) electrons. The third-order valence-corrected chi connectivity index (χ3v) is 4.73. The van der Waals surface area contributed by atoms with Gasteiger partial charge in [-0.1, -0.05) is 12.1 Å². The molecule has 1 fully saturated rings. The lowest BCUT2D eigenvalue weighted by Crippen LogP contribution is -2.37. The number of ether oxygens (including phenoxy) is 1. The summed E-state index contributed by atoms with van der Waals surface area (Å²) in [6, 6.07) is 6.81. The number of hydrogen-bond donors (Lipinski definition) is 3. The van der Waals surface area contributed by atoms with Gasteiger partial charge in [-0.2, -0.15) is 0 Å². The van der Waals surface area contributed by atoms with Crippen LogP contribution in [-0.4, -0.2) is 62.8 Å². The van der Waals surface area contributed by atoms with Gasteiger partial charge in [-0.05, 0) is 17.7 Å². The van der Waals surface area contributed by atoms with Crippen LogP contribution in [-0.2, 0) is 27.3 Å². The van der Waals surface area contributed by atoms with E-state index < -0.39 is 5.91 Å². The van der Waals surface area contributed by atoms with Gasteiger partial charge < -0.3 is 19.5 Å². The van der Waals surface area contributed by atoms with E-state index in [0.717, 1.165) is 18.9 Å². The molecule has 0 unspecified atom stereocenters. The van der Waals surface area contributed by atoms with Gasteiger partial charge in [0.05, 0.1) is 26.0 Å². The molecule has 30 heavy (non-hydrogen) atoms. The molecule has 0 saturated carbocycles. The summed E-state index contributed by atoms with van der Waals surface area (Å²) in [4.78, 5) is 38.9. The van der Waals surface area contributed by atoms with Crippen LogP contribution in [0.25, 0.3) is 11.2 Å². The Morgan fingerprint density at radius 2 is 1.83 bits per heavy atom. The number of imidazole rings is 1. The molecule has 3 aromatic rings. The number of rotatable bonds is 6. The zero-order valence-electron chi connectivity index (χ0n) is 16.1. The molecule has 1 aliphatic heterocycles. The summed E-state index contributed by atoms with van der Waals surface area (Å²) in [5.41, 5.74) is 4.14. The van der Waals surface area contributed by atoms with Crippen LogP contribution in [0.15, 0.2) is 36.9 Å². The predicted molar refractivity (Wildman–Crippen MR) is 107 cm³/mol. The topological polar surface area (TPSA) is 134 Å². The van der Waals surface area contributed by atoms with Gasteiger partial charge in [-0.25, -0.2) is 20.4 Å². The minimum atomic E-state index is -0.503. The SMILES string of the molecule is O=C(Cc1ccc(NC(=O)Cn2cnc3c(N4CCOCC4)ncnc32)cc1)NO. The van der Waals surface area contributed by atoms with Crippen molar-refractivity contribution >= 4 is 34.5 Å². The monoisotopic (exact) mass is 411 g/mol. The maximum absolute atomic E-state index is 12.5. The smallest absolute Gasteiger partial charge is 0.247 e. The Hall–Kier alpha value is -3.57.